The minimum Gasteiger partial charge on any atom is -0.364 e. The van der Waals surface area contributed by atoms with Crippen LogP contribution in [0.25, 0.3) is 0 Å². The molecule has 1 aromatic rings. The standard InChI is InChI=1S/C8H9ClN2O2/c9-4-1-2-5-10-8(12)7-3-6-13-11-7/h1-3,6H,4-5H2,(H,10,12)/b2-1+. The molecule has 1 heterocycles. The fourth-order valence-electron chi connectivity index (χ4n) is 0.718. The normalized spacial score (nSPS) is 10.5. The fraction of sp³-hybridized carbons (Fsp3) is 0.250. The molecule has 0 saturated carbocycles. The minimum atomic E-state index is -0.257. The first-order chi connectivity index (χ1) is 6.34. The van der Waals surface area contributed by atoms with Crippen molar-refractivity contribution in [3.05, 3.63) is 30.2 Å². The number of hydrogen-bond acceptors (Lipinski definition) is 3. The van der Waals surface area contributed by atoms with Crippen molar-refractivity contribution in [2.45, 2.75) is 0 Å². The molecular formula is C8H9ClN2O2. The summed E-state index contributed by atoms with van der Waals surface area (Å²) in [4.78, 5) is 11.2. The monoisotopic (exact) mass is 200 g/mol. The zero-order chi connectivity index (χ0) is 9.52. The molecular weight excluding hydrogens is 192 g/mol. The molecule has 0 saturated heterocycles. The summed E-state index contributed by atoms with van der Waals surface area (Å²) in [6.07, 6.45) is 4.87. The summed E-state index contributed by atoms with van der Waals surface area (Å²) in [5.74, 6) is 0.188. The Morgan fingerprint density at radius 3 is 3.15 bits per heavy atom. The van der Waals surface area contributed by atoms with Crippen molar-refractivity contribution < 1.29 is 9.32 Å². The molecule has 5 heteroatoms. The minimum absolute atomic E-state index is 0.257. The van der Waals surface area contributed by atoms with E-state index in [-0.39, 0.29) is 11.6 Å². The van der Waals surface area contributed by atoms with Crippen molar-refractivity contribution in [2.24, 2.45) is 0 Å². The van der Waals surface area contributed by atoms with E-state index in [0.717, 1.165) is 0 Å². The van der Waals surface area contributed by atoms with Crippen molar-refractivity contribution >= 4 is 17.5 Å². The number of carbonyl (C=O) groups is 1. The van der Waals surface area contributed by atoms with Crippen molar-refractivity contribution in [2.75, 3.05) is 12.4 Å². The Morgan fingerprint density at radius 1 is 1.69 bits per heavy atom. The van der Waals surface area contributed by atoms with E-state index in [1.54, 1.807) is 12.2 Å². The molecule has 13 heavy (non-hydrogen) atoms. The lowest BCUT2D eigenvalue weighted by atomic mass is 10.4. The van der Waals surface area contributed by atoms with Gasteiger partial charge in [0, 0.05) is 18.5 Å². The third kappa shape index (κ3) is 3.29. The van der Waals surface area contributed by atoms with Gasteiger partial charge < -0.3 is 9.84 Å². The van der Waals surface area contributed by atoms with Gasteiger partial charge in [0.25, 0.3) is 5.91 Å². The predicted molar refractivity (Wildman–Crippen MR) is 48.7 cm³/mol. The first kappa shape index (κ1) is 9.80. The van der Waals surface area contributed by atoms with Crippen LogP contribution in [0.1, 0.15) is 10.5 Å². The lowest BCUT2D eigenvalue weighted by Crippen LogP contribution is -2.23. The van der Waals surface area contributed by atoms with E-state index in [0.29, 0.717) is 12.4 Å². The third-order valence-corrected chi connectivity index (χ3v) is 1.48. The summed E-state index contributed by atoms with van der Waals surface area (Å²) >= 11 is 5.39. The molecule has 1 N–H and O–H groups in total. The second kappa shape index (κ2) is 5.37. The highest BCUT2D eigenvalue weighted by atomic mass is 35.5. The Kier molecular flexibility index (Phi) is 4.05. The van der Waals surface area contributed by atoms with Crippen LogP contribution in [-0.2, 0) is 0 Å². The van der Waals surface area contributed by atoms with Crippen LogP contribution in [0.4, 0.5) is 0 Å². The smallest absolute Gasteiger partial charge is 0.273 e. The zero-order valence-electron chi connectivity index (χ0n) is 6.87. The van der Waals surface area contributed by atoms with Gasteiger partial charge in [-0.25, -0.2) is 0 Å². The quantitative estimate of drug-likeness (QED) is 0.587. The van der Waals surface area contributed by atoms with Crippen molar-refractivity contribution in [3.63, 3.8) is 0 Å². The van der Waals surface area contributed by atoms with Gasteiger partial charge in [-0.2, -0.15) is 0 Å². The maximum Gasteiger partial charge on any atom is 0.273 e. The molecule has 1 aromatic heterocycles. The van der Waals surface area contributed by atoms with E-state index in [4.69, 9.17) is 11.6 Å². The molecule has 0 atom stereocenters. The highest BCUT2D eigenvalue weighted by Gasteiger charge is 2.05. The van der Waals surface area contributed by atoms with E-state index in [2.05, 4.69) is 15.0 Å². The fourth-order valence-corrected chi connectivity index (χ4v) is 0.844. The maximum absolute atomic E-state index is 11.2. The number of halogens is 1. The van der Waals surface area contributed by atoms with Crippen LogP contribution in [0.3, 0.4) is 0 Å². The molecule has 1 amide bonds. The second-order valence-corrected chi connectivity index (χ2v) is 2.53. The van der Waals surface area contributed by atoms with Crippen molar-refractivity contribution in [1.82, 2.24) is 10.5 Å². The van der Waals surface area contributed by atoms with E-state index < -0.39 is 0 Å². The topological polar surface area (TPSA) is 55.1 Å². The zero-order valence-corrected chi connectivity index (χ0v) is 7.62. The number of carbonyl (C=O) groups excluding carboxylic acids is 1. The van der Waals surface area contributed by atoms with Crippen LogP contribution in [0.5, 0.6) is 0 Å². The first-order valence-electron chi connectivity index (χ1n) is 3.74. The SMILES string of the molecule is O=C(NC/C=C/CCl)c1ccon1. The molecule has 0 fully saturated rings. The van der Waals surface area contributed by atoms with E-state index >= 15 is 0 Å². The highest BCUT2D eigenvalue weighted by Crippen LogP contribution is 1.92. The lowest BCUT2D eigenvalue weighted by Gasteiger charge is -1.96. The van der Waals surface area contributed by atoms with Gasteiger partial charge in [0.05, 0.1) is 0 Å². The number of hydrogen-bond donors (Lipinski definition) is 1. The highest BCUT2D eigenvalue weighted by molar-refractivity contribution is 6.18. The van der Waals surface area contributed by atoms with Gasteiger partial charge in [0.2, 0.25) is 0 Å². The third-order valence-electron chi connectivity index (χ3n) is 1.31. The van der Waals surface area contributed by atoms with Crippen LogP contribution in [-0.4, -0.2) is 23.5 Å². The molecule has 0 aliphatic carbocycles. The average molecular weight is 201 g/mol. The van der Waals surface area contributed by atoms with E-state index in [1.165, 1.54) is 12.3 Å². The summed E-state index contributed by atoms with van der Waals surface area (Å²) in [6.45, 7) is 0.443. The van der Waals surface area contributed by atoms with Crippen LogP contribution in [0.15, 0.2) is 29.0 Å². The number of rotatable bonds is 4. The predicted octanol–water partition coefficient (Wildman–Crippen LogP) is 1.20. The van der Waals surface area contributed by atoms with Gasteiger partial charge in [-0.15, -0.1) is 11.6 Å². The number of nitrogens with zero attached hydrogens (tertiary/aromatic N) is 1. The van der Waals surface area contributed by atoms with Gasteiger partial charge in [0.15, 0.2) is 5.69 Å². The largest absolute Gasteiger partial charge is 0.364 e. The van der Waals surface area contributed by atoms with Crippen molar-refractivity contribution in [3.8, 4) is 0 Å². The second-order valence-electron chi connectivity index (χ2n) is 2.22. The summed E-state index contributed by atoms with van der Waals surface area (Å²) in [5.41, 5.74) is 0.277. The van der Waals surface area contributed by atoms with Gasteiger partial charge in [-0.1, -0.05) is 17.3 Å². The Labute approximate surface area is 80.5 Å². The molecule has 0 aliphatic heterocycles. The average Bonchev–Trinajstić information content (AvgIpc) is 2.65. The molecule has 0 bridgehead atoms. The molecule has 0 aliphatic rings. The Bertz CT molecular complexity index is 282. The van der Waals surface area contributed by atoms with Crippen LogP contribution >= 0.6 is 11.6 Å². The molecule has 0 aromatic carbocycles. The summed E-state index contributed by atoms with van der Waals surface area (Å²) in [7, 11) is 0. The summed E-state index contributed by atoms with van der Waals surface area (Å²) in [6, 6.07) is 1.50. The summed E-state index contributed by atoms with van der Waals surface area (Å²) in [5, 5.41) is 6.09. The van der Waals surface area contributed by atoms with Crippen molar-refractivity contribution in [1.29, 1.82) is 0 Å². The number of allylic oxidation sites excluding steroid dienone is 1. The van der Waals surface area contributed by atoms with Gasteiger partial charge in [0.1, 0.15) is 6.26 Å². The number of aromatic nitrogens is 1. The van der Waals surface area contributed by atoms with E-state index in [1.807, 2.05) is 0 Å². The Morgan fingerprint density at radius 2 is 2.54 bits per heavy atom. The molecule has 0 unspecified atom stereocenters. The Hall–Kier alpha value is -1.29. The molecule has 0 radical (unpaired) electrons. The number of nitrogens with one attached hydrogen (secondary N) is 1. The first-order valence-corrected chi connectivity index (χ1v) is 4.27. The maximum atomic E-state index is 11.2. The lowest BCUT2D eigenvalue weighted by molar-refractivity contribution is 0.0949. The van der Waals surface area contributed by atoms with Gasteiger partial charge in [-0.05, 0) is 0 Å². The van der Waals surface area contributed by atoms with Gasteiger partial charge in [-0.3, -0.25) is 4.79 Å². The molecule has 1 rings (SSSR count). The van der Waals surface area contributed by atoms with Crippen LogP contribution < -0.4 is 5.32 Å². The van der Waals surface area contributed by atoms with Crippen LogP contribution in [0.2, 0.25) is 0 Å². The van der Waals surface area contributed by atoms with Crippen LogP contribution in [0, 0.1) is 0 Å². The van der Waals surface area contributed by atoms with Gasteiger partial charge >= 0.3 is 0 Å². The Balaban J connectivity index is 2.31. The molecule has 0 spiro atoms. The summed E-state index contributed by atoms with van der Waals surface area (Å²) < 4.78 is 4.51. The molecule has 70 valence electrons. The molecule has 4 nitrogen and oxygen atoms in total. The van der Waals surface area contributed by atoms with E-state index in [9.17, 15) is 4.79 Å². The number of alkyl halides is 1. The number of amides is 1.